The van der Waals surface area contributed by atoms with Gasteiger partial charge in [0.05, 0.1) is 16.7 Å². The molecule has 1 unspecified atom stereocenters. The molecule has 0 aliphatic carbocycles. The molecule has 1 aromatic rings. The number of hydrogen-bond donors (Lipinski definition) is 3. The number of aliphatic hydroxyl groups is 1. The van der Waals surface area contributed by atoms with Gasteiger partial charge in [0, 0.05) is 6.20 Å². The maximum absolute atomic E-state index is 11.7. The minimum Gasteiger partial charge on any atom is -0.391 e. The molecule has 1 aromatic heterocycles. The average molecular weight is 231 g/mol. The molecule has 0 aliphatic heterocycles. The van der Waals surface area contributed by atoms with Gasteiger partial charge in [-0.15, -0.1) is 0 Å². The zero-order valence-electron chi connectivity index (χ0n) is 8.97. The number of halogens is 1. The molecule has 84 valence electrons. The van der Waals surface area contributed by atoms with Gasteiger partial charge in [0.15, 0.2) is 0 Å². The number of carbonyl (C=O) groups is 1. The van der Waals surface area contributed by atoms with Crippen LogP contribution in [-0.2, 0) is 0 Å². The molecule has 0 fully saturated rings. The zero-order chi connectivity index (χ0) is 11.6. The molecule has 5 heteroatoms. The van der Waals surface area contributed by atoms with Gasteiger partial charge in [-0.25, -0.2) is 0 Å². The number of amides is 1. The lowest BCUT2D eigenvalue weighted by atomic mass is 9.98. The van der Waals surface area contributed by atoms with E-state index in [1.807, 2.05) is 0 Å². The van der Waals surface area contributed by atoms with Crippen LogP contribution in [0.3, 0.4) is 0 Å². The minimum absolute atomic E-state index is 0.284. The summed E-state index contributed by atoms with van der Waals surface area (Å²) >= 11 is 5.68. The van der Waals surface area contributed by atoms with Crippen LogP contribution >= 0.6 is 11.6 Å². The Morgan fingerprint density at radius 2 is 2.27 bits per heavy atom. The van der Waals surface area contributed by atoms with Gasteiger partial charge in [-0.1, -0.05) is 11.6 Å². The van der Waals surface area contributed by atoms with Crippen LogP contribution in [0.2, 0.25) is 5.02 Å². The van der Waals surface area contributed by atoms with E-state index >= 15 is 0 Å². The summed E-state index contributed by atoms with van der Waals surface area (Å²) in [6.07, 6.45) is 0.901. The molecule has 0 radical (unpaired) electrons. The largest absolute Gasteiger partial charge is 0.391 e. The van der Waals surface area contributed by atoms with E-state index in [1.165, 1.54) is 12.3 Å². The summed E-state index contributed by atoms with van der Waals surface area (Å²) < 4.78 is 0. The van der Waals surface area contributed by atoms with E-state index in [-0.39, 0.29) is 5.91 Å². The van der Waals surface area contributed by atoms with E-state index < -0.39 is 11.6 Å². The van der Waals surface area contributed by atoms with Crippen molar-refractivity contribution in [3.63, 3.8) is 0 Å². The molecule has 15 heavy (non-hydrogen) atoms. The Labute approximate surface area is 93.6 Å². The summed E-state index contributed by atoms with van der Waals surface area (Å²) in [6, 6.07) is 1.54. The van der Waals surface area contributed by atoms with Crippen LogP contribution in [0.5, 0.6) is 0 Å². The van der Waals surface area contributed by atoms with Gasteiger partial charge < -0.3 is 15.4 Å². The first-order valence-corrected chi connectivity index (χ1v) is 5.05. The number of aromatic nitrogens is 1. The Kier molecular flexibility index (Phi) is 3.42. The second kappa shape index (κ2) is 4.24. The predicted molar refractivity (Wildman–Crippen MR) is 59.0 cm³/mol. The highest BCUT2D eigenvalue weighted by Gasteiger charge is 2.26. The number of aliphatic hydroxyl groups excluding tert-OH is 1. The molecule has 4 nitrogen and oxygen atoms in total. The van der Waals surface area contributed by atoms with Crippen LogP contribution in [0.1, 0.15) is 31.3 Å². The van der Waals surface area contributed by atoms with Crippen LogP contribution in [-0.4, -0.2) is 27.6 Å². The monoisotopic (exact) mass is 230 g/mol. The molecular weight excluding hydrogens is 216 g/mol. The molecule has 1 rings (SSSR count). The first-order chi connectivity index (χ1) is 6.83. The first-order valence-electron chi connectivity index (χ1n) is 4.67. The van der Waals surface area contributed by atoms with Crippen molar-refractivity contribution in [2.45, 2.75) is 32.4 Å². The van der Waals surface area contributed by atoms with Crippen molar-refractivity contribution in [3.05, 3.63) is 23.0 Å². The zero-order valence-corrected chi connectivity index (χ0v) is 9.72. The molecule has 1 heterocycles. The molecule has 0 saturated heterocycles. The molecule has 0 spiro atoms. The third-order valence-corrected chi connectivity index (χ3v) is 2.59. The van der Waals surface area contributed by atoms with Crippen molar-refractivity contribution in [2.75, 3.05) is 0 Å². The average Bonchev–Trinajstić information content (AvgIpc) is 2.50. The van der Waals surface area contributed by atoms with E-state index in [0.717, 1.165) is 0 Å². The van der Waals surface area contributed by atoms with Crippen molar-refractivity contribution < 1.29 is 9.90 Å². The molecule has 1 amide bonds. The van der Waals surface area contributed by atoms with Crippen LogP contribution in [0.4, 0.5) is 0 Å². The number of nitrogens with one attached hydrogen (secondary N) is 2. The maximum Gasteiger partial charge on any atom is 0.268 e. The van der Waals surface area contributed by atoms with Gasteiger partial charge in [-0.2, -0.15) is 0 Å². The summed E-state index contributed by atoms with van der Waals surface area (Å²) in [6.45, 7) is 5.13. The van der Waals surface area contributed by atoms with Crippen molar-refractivity contribution in [2.24, 2.45) is 0 Å². The van der Waals surface area contributed by atoms with Gasteiger partial charge in [-0.05, 0) is 26.8 Å². The van der Waals surface area contributed by atoms with Gasteiger partial charge >= 0.3 is 0 Å². The third kappa shape index (κ3) is 2.97. The highest BCUT2D eigenvalue weighted by atomic mass is 35.5. The first kappa shape index (κ1) is 12.1. The second-order valence-corrected chi connectivity index (χ2v) is 4.52. The fourth-order valence-electron chi connectivity index (χ4n) is 0.963. The molecule has 3 N–H and O–H groups in total. The molecule has 0 bridgehead atoms. The standard InChI is InChI=1S/C10H15ClN2O2/c1-6(14)10(2,3)13-9(15)8-4-7(11)5-12-8/h4-6,12,14H,1-3H3,(H,13,15). The van der Waals surface area contributed by atoms with E-state index in [4.69, 9.17) is 11.6 Å². The van der Waals surface area contributed by atoms with Crippen molar-refractivity contribution in [3.8, 4) is 0 Å². The SMILES string of the molecule is CC(O)C(C)(C)NC(=O)c1cc(Cl)c[nH]1. The predicted octanol–water partition coefficient (Wildman–Crippen LogP) is 1.56. The van der Waals surface area contributed by atoms with Gasteiger partial charge in [-0.3, -0.25) is 4.79 Å². The molecule has 0 aliphatic rings. The normalized spacial score (nSPS) is 13.7. The van der Waals surface area contributed by atoms with Crippen molar-refractivity contribution in [1.29, 1.82) is 0 Å². The van der Waals surface area contributed by atoms with Crippen molar-refractivity contribution in [1.82, 2.24) is 10.3 Å². The van der Waals surface area contributed by atoms with Gasteiger partial charge in [0.1, 0.15) is 5.69 Å². The summed E-state index contributed by atoms with van der Waals surface area (Å²) in [5, 5.41) is 12.6. The smallest absolute Gasteiger partial charge is 0.268 e. The van der Waals surface area contributed by atoms with Gasteiger partial charge in [0.2, 0.25) is 0 Å². The molecule has 0 aromatic carbocycles. The Hall–Kier alpha value is -1.00. The molecular formula is C10H15ClN2O2. The topological polar surface area (TPSA) is 65.1 Å². The number of H-pyrrole nitrogens is 1. The summed E-state index contributed by atoms with van der Waals surface area (Å²) in [5.74, 6) is -0.284. The number of aromatic amines is 1. The fourth-order valence-corrected chi connectivity index (χ4v) is 1.13. The Morgan fingerprint density at radius 3 is 2.67 bits per heavy atom. The molecule has 1 atom stereocenters. The van der Waals surface area contributed by atoms with Crippen molar-refractivity contribution >= 4 is 17.5 Å². The maximum atomic E-state index is 11.7. The fraction of sp³-hybridized carbons (Fsp3) is 0.500. The van der Waals surface area contributed by atoms with Crippen LogP contribution < -0.4 is 5.32 Å². The lowest BCUT2D eigenvalue weighted by Crippen LogP contribution is -2.51. The Balaban J connectivity index is 2.72. The second-order valence-electron chi connectivity index (χ2n) is 4.08. The van der Waals surface area contributed by atoms with E-state index in [2.05, 4.69) is 10.3 Å². The molecule has 0 saturated carbocycles. The lowest BCUT2D eigenvalue weighted by molar-refractivity contribution is 0.0706. The minimum atomic E-state index is -0.672. The highest BCUT2D eigenvalue weighted by Crippen LogP contribution is 2.12. The summed E-state index contributed by atoms with van der Waals surface area (Å²) in [7, 11) is 0. The number of hydrogen-bond acceptors (Lipinski definition) is 2. The Bertz CT molecular complexity index is 358. The quantitative estimate of drug-likeness (QED) is 0.738. The Morgan fingerprint density at radius 1 is 1.67 bits per heavy atom. The van der Waals surface area contributed by atoms with E-state index in [9.17, 15) is 9.90 Å². The van der Waals surface area contributed by atoms with Gasteiger partial charge in [0.25, 0.3) is 5.91 Å². The number of rotatable bonds is 3. The van der Waals surface area contributed by atoms with E-state index in [0.29, 0.717) is 10.7 Å². The highest BCUT2D eigenvalue weighted by molar-refractivity contribution is 6.30. The van der Waals surface area contributed by atoms with Crippen LogP contribution in [0, 0.1) is 0 Å². The van der Waals surface area contributed by atoms with Crippen LogP contribution in [0.15, 0.2) is 12.3 Å². The summed E-state index contributed by atoms with van der Waals surface area (Å²) in [5.41, 5.74) is -0.289. The van der Waals surface area contributed by atoms with Crippen LogP contribution in [0.25, 0.3) is 0 Å². The van der Waals surface area contributed by atoms with E-state index in [1.54, 1.807) is 20.8 Å². The number of carbonyl (C=O) groups excluding carboxylic acids is 1. The third-order valence-electron chi connectivity index (χ3n) is 2.37. The lowest BCUT2D eigenvalue weighted by Gasteiger charge is -2.29. The summed E-state index contributed by atoms with van der Waals surface area (Å²) in [4.78, 5) is 14.4.